The molecule has 21 heavy (non-hydrogen) atoms. The van der Waals surface area contributed by atoms with Crippen LogP contribution in [-0.4, -0.2) is 34.9 Å². The maximum atomic E-state index is 9.07. The maximum absolute atomic E-state index is 9.07. The van der Waals surface area contributed by atoms with E-state index in [2.05, 4.69) is 26.3 Å². The quantitative estimate of drug-likeness (QED) is 0.850. The highest BCUT2D eigenvalue weighted by atomic mass is 16.3. The van der Waals surface area contributed by atoms with Crippen LogP contribution in [-0.2, 0) is 0 Å². The Labute approximate surface area is 125 Å². The molecule has 1 aromatic heterocycles. The molecule has 1 aliphatic rings. The van der Waals surface area contributed by atoms with Crippen LogP contribution >= 0.6 is 0 Å². The number of hydrogen-bond acceptors (Lipinski definition) is 5. The zero-order valence-electron chi connectivity index (χ0n) is 12.3. The molecular weight excluding hydrogens is 264 g/mol. The summed E-state index contributed by atoms with van der Waals surface area (Å²) in [7, 11) is 0. The molecule has 0 aliphatic carbocycles. The number of fused-ring (bicyclic) bond motifs is 1. The zero-order valence-corrected chi connectivity index (χ0v) is 12.3. The summed E-state index contributed by atoms with van der Waals surface area (Å²) in [5.74, 6) is 1.48. The van der Waals surface area contributed by atoms with Gasteiger partial charge < -0.3 is 15.3 Å². The van der Waals surface area contributed by atoms with Gasteiger partial charge in [-0.25, -0.2) is 4.98 Å². The molecule has 3 rings (SSSR count). The molecule has 1 saturated heterocycles. The molecule has 2 heterocycles. The number of para-hydroxylation sites is 1. The molecule has 112 valence electrons. The standard InChI is InChI=1S/C16H22N4O/c21-12-17-16-18-14-9-5-4-8-13(14)15(19-16)20-10-6-2-1-3-7-11-20/h4-5,8-9,21H,1-3,6-7,10-12H2,(H,17,18,19). The Balaban J connectivity index is 2.01. The van der Waals surface area contributed by atoms with E-state index in [-0.39, 0.29) is 6.73 Å². The van der Waals surface area contributed by atoms with Gasteiger partial charge in [0.2, 0.25) is 5.95 Å². The predicted octanol–water partition coefficient (Wildman–Crippen LogP) is 2.76. The van der Waals surface area contributed by atoms with E-state index in [4.69, 9.17) is 5.11 Å². The second kappa shape index (κ2) is 6.72. The number of benzene rings is 1. The molecule has 0 bridgehead atoms. The molecule has 0 unspecified atom stereocenters. The van der Waals surface area contributed by atoms with Gasteiger partial charge in [0.1, 0.15) is 12.5 Å². The second-order valence-corrected chi connectivity index (χ2v) is 5.48. The zero-order chi connectivity index (χ0) is 14.5. The van der Waals surface area contributed by atoms with Crippen LogP contribution in [0.2, 0.25) is 0 Å². The van der Waals surface area contributed by atoms with E-state index in [9.17, 15) is 0 Å². The Morgan fingerprint density at radius 3 is 2.48 bits per heavy atom. The summed E-state index contributed by atoms with van der Waals surface area (Å²) in [5.41, 5.74) is 0.917. The van der Waals surface area contributed by atoms with Crippen molar-refractivity contribution in [3.05, 3.63) is 24.3 Å². The first kappa shape index (κ1) is 14.1. The van der Waals surface area contributed by atoms with Crippen LogP contribution in [0.1, 0.15) is 32.1 Å². The van der Waals surface area contributed by atoms with E-state index in [1.807, 2.05) is 18.2 Å². The molecule has 0 radical (unpaired) electrons. The summed E-state index contributed by atoms with van der Waals surface area (Å²) in [6.07, 6.45) is 6.35. The van der Waals surface area contributed by atoms with Crippen LogP contribution in [0.25, 0.3) is 10.9 Å². The number of aliphatic hydroxyl groups is 1. The smallest absolute Gasteiger partial charge is 0.227 e. The number of nitrogens with zero attached hydrogens (tertiary/aromatic N) is 3. The van der Waals surface area contributed by atoms with Gasteiger partial charge in [-0.15, -0.1) is 0 Å². The summed E-state index contributed by atoms with van der Waals surface area (Å²) in [4.78, 5) is 11.5. The van der Waals surface area contributed by atoms with Crippen molar-refractivity contribution in [2.75, 3.05) is 30.0 Å². The monoisotopic (exact) mass is 286 g/mol. The first-order valence-electron chi connectivity index (χ1n) is 7.75. The topological polar surface area (TPSA) is 61.3 Å². The molecule has 2 N–H and O–H groups in total. The van der Waals surface area contributed by atoms with Gasteiger partial charge in [-0.2, -0.15) is 4.98 Å². The number of aliphatic hydroxyl groups excluding tert-OH is 1. The van der Waals surface area contributed by atoms with Gasteiger partial charge in [-0.3, -0.25) is 0 Å². The number of nitrogens with one attached hydrogen (secondary N) is 1. The average molecular weight is 286 g/mol. The van der Waals surface area contributed by atoms with Gasteiger partial charge in [0.05, 0.1) is 5.52 Å². The molecule has 0 saturated carbocycles. The van der Waals surface area contributed by atoms with Crippen LogP contribution in [0.3, 0.4) is 0 Å². The summed E-state index contributed by atoms with van der Waals surface area (Å²) in [6.45, 7) is 1.93. The molecule has 5 nitrogen and oxygen atoms in total. The van der Waals surface area contributed by atoms with Crippen molar-refractivity contribution in [3.63, 3.8) is 0 Å². The summed E-state index contributed by atoms with van der Waals surface area (Å²) >= 11 is 0. The molecule has 0 amide bonds. The Hall–Kier alpha value is -1.88. The SMILES string of the molecule is OCNc1nc(N2CCCCCCC2)c2ccccc2n1. The number of anilines is 2. The third-order valence-corrected chi connectivity index (χ3v) is 3.98. The molecule has 0 atom stereocenters. The van der Waals surface area contributed by atoms with Gasteiger partial charge in [0.15, 0.2) is 0 Å². The Bertz CT molecular complexity index is 594. The van der Waals surface area contributed by atoms with Crippen molar-refractivity contribution in [3.8, 4) is 0 Å². The van der Waals surface area contributed by atoms with Crippen LogP contribution in [0, 0.1) is 0 Å². The summed E-state index contributed by atoms with van der Waals surface area (Å²) < 4.78 is 0. The second-order valence-electron chi connectivity index (χ2n) is 5.48. The van der Waals surface area contributed by atoms with Crippen LogP contribution < -0.4 is 10.2 Å². The third kappa shape index (κ3) is 3.24. The fourth-order valence-corrected chi connectivity index (χ4v) is 2.91. The predicted molar refractivity (Wildman–Crippen MR) is 85.5 cm³/mol. The molecule has 5 heteroatoms. The summed E-state index contributed by atoms with van der Waals surface area (Å²) in [5, 5.41) is 13.0. The van der Waals surface area contributed by atoms with Crippen molar-refractivity contribution in [1.82, 2.24) is 9.97 Å². The molecule has 0 spiro atoms. The van der Waals surface area contributed by atoms with Gasteiger partial charge in [0.25, 0.3) is 0 Å². The molecule has 1 fully saturated rings. The Morgan fingerprint density at radius 1 is 1.00 bits per heavy atom. The van der Waals surface area contributed by atoms with Crippen LogP contribution in [0.15, 0.2) is 24.3 Å². The first-order chi connectivity index (χ1) is 10.4. The van der Waals surface area contributed by atoms with Gasteiger partial charge >= 0.3 is 0 Å². The fraction of sp³-hybridized carbons (Fsp3) is 0.500. The van der Waals surface area contributed by atoms with E-state index >= 15 is 0 Å². The lowest BCUT2D eigenvalue weighted by Gasteiger charge is -2.27. The lowest BCUT2D eigenvalue weighted by molar-refractivity contribution is 0.324. The lowest BCUT2D eigenvalue weighted by atomic mass is 10.1. The van der Waals surface area contributed by atoms with E-state index in [0.29, 0.717) is 5.95 Å². The van der Waals surface area contributed by atoms with Gasteiger partial charge in [-0.1, -0.05) is 31.4 Å². The minimum absolute atomic E-state index is 0.155. The maximum Gasteiger partial charge on any atom is 0.227 e. The van der Waals surface area contributed by atoms with E-state index < -0.39 is 0 Å². The minimum atomic E-state index is -0.155. The number of rotatable bonds is 3. The van der Waals surface area contributed by atoms with E-state index in [1.54, 1.807) is 0 Å². The number of aromatic nitrogens is 2. The van der Waals surface area contributed by atoms with Crippen molar-refractivity contribution < 1.29 is 5.11 Å². The van der Waals surface area contributed by atoms with Crippen LogP contribution in [0.4, 0.5) is 11.8 Å². The lowest BCUT2D eigenvalue weighted by Crippen LogP contribution is -2.28. The minimum Gasteiger partial charge on any atom is -0.376 e. The first-order valence-corrected chi connectivity index (χ1v) is 7.75. The Kier molecular flexibility index (Phi) is 4.50. The molecular formula is C16H22N4O. The largest absolute Gasteiger partial charge is 0.376 e. The summed E-state index contributed by atoms with van der Waals surface area (Å²) in [6, 6.07) is 8.08. The van der Waals surface area contributed by atoms with Gasteiger partial charge in [0, 0.05) is 18.5 Å². The number of hydrogen-bond donors (Lipinski definition) is 2. The molecule has 1 aliphatic heterocycles. The highest BCUT2D eigenvalue weighted by Crippen LogP contribution is 2.27. The highest BCUT2D eigenvalue weighted by Gasteiger charge is 2.15. The van der Waals surface area contributed by atoms with Crippen molar-refractivity contribution in [2.24, 2.45) is 0 Å². The Morgan fingerprint density at radius 2 is 1.71 bits per heavy atom. The van der Waals surface area contributed by atoms with E-state index in [1.165, 1.54) is 32.1 Å². The van der Waals surface area contributed by atoms with Gasteiger partial charge in [-0.05, 0) is 25.0 Å². The third-order valence-electron chi connectivity index (χ3n) is 3.98. The van der Waals surface area contributed by atoms with Crippen molar-refractivity contribution in [1.29, 1.82) is 0 Å². The van der Waals surface area contributed by atoms with E-state index in [0.717, 1.165) is 29.8 Å². The average Bonchev–Trinajstić information content (AvgIpc) is 2.47. The van der Waals surface area contributed by atoms with Crippen molar-refractivity contribution in [2.45, 2.75) is 32.1 Å². The van der Waals surface area contributed by atoms with Crippen LogP contribution in [0.5, 0.6) is 0 Å². The highest BCUT2D eigenvalue weighted by molar-refractivity contribution is 5.90. The molecule has 2 aromatic rings. The fourth-order valence-electron chi connectivity index (χ4n) is 2.91. The normalized spacial score (nSPS) is 16.5. The van der Waals surface area contributed by atoms with Crippen molar-refractivity contribution >= 4 is 22.7 Å². The molecule has 1 aromatic carbocycles.